The van der Waals surface area contributed by atoms with Gasteiger partial charge in [0, 0.05) is 30.9 Å². The third kappa shape index (κ3) is 3.45. The Morgan fingerprint density at radius 3 is 2.74 bits per heavy atom. The van der Waals surface area contributed by atoms with Crippen LogP contribution in [0.3, 0.4) is 0 Å². The molecule has 5 heteroatoms. The van der Waals surface area contributed by atoms with Crippen molar-refractivity contribution in [1.82, 2.24) is 15.1 Å². The molecule has 0 aliphatic heterocycles. The fraction of sp³-hybridized carbons (Fsp3) is 0.444. The van der Waals surface area contributed by atoms with E-state index < -0.39 is 0 Å². The second-order valence-electron chi connectivity index (χ2n) is 6.78. The van der Waals surface area contributed by atoms with E-state index in [0.29, 0.717) is 17.5 Å². The fourth-order valence-electron chi connectivity index (χ4n) is 2.98. The zero-order chi connectivity index (χ0) is 15.8. The van der Waals surface area contributed by atoms with Crippen molar-refractivity contribution < 1.29 is 4.79 Å². The van der Waals surface area contributed by atoms with Crippen LogP contribution in [0.5, 0.6) is 0 Å². The molecule has 2 saturated carbocycles. The number of aryl methyl sites for hydroxylation is 1. The Labute approximate surface area is 136 Å². The Kier molecular flexibility index (Phi) is 3.65. The molecular formula is C18H22N4O. The molecule has 2 fully saturated rings. The first kappa shape index (κ1) is 14.5. The minimum atomic E-state index is -0.124. The highest BCUT2D eigenvalue weighted by molar-refractivity contribution is 6.03. The third-order valence-electron chi connectivity index (χ3n) is 4.72. The number of benzene rings is 1. The highest BCUT2D eigenvalue weighted by Gasteiger charge is 2.38. The van der Waals surface area contributed by atoms with Gasteiger partial charge in [-0.3, -0.25) is 9.48 Å². The Hall–Kier alpha value is -2.14. The predicted octanol–water partition coefficient (Wildman–Crippen LogP) is 2.53. The summed E-state index contributed by atoms with van der Waals surface area (Å²) in [7, 11) is 1.80. The molecule has 1 heterocycles. The van der Waals surface area contributed by atoms with Gasteiger partial charge < -0.3 is 10.6 Å². The first-order chi connectivity index (χ1) is 11.2. The standard InChI is InChI=1S/C18H22N4O/c1-22-11-14(10-20-22)18(23)21-15-6-4-13(5-7-15)16-8-17(16)19-9-12-2-3-12/h4-7,10-12,16-17,19H,2-3,8-9H2,1H3,(H,21,23)/t16-,17+/m0/s1. The molecule has 0 bridgehead atoms. The van der Waals surface area contributed by atoms with E-state index in [9.17, 15) is 4.79 Å². The van der Waals surface area contributed by atoms with Crippen molar-refractivity contribution in [1.29, 1.82) is 0 Å². The number of nitrogens with one attached hydrogen (secondary N) is 2. The van der Waals surface area contributed by atoms with Crippen LogP contribution in [0, 0.1) is 5.92 Å². The van der Waals surface area contributed by atoms with Crippen LogP contribution in [-0.2, 0) is 7.05 Å². The number of aromatic nitrogens is 2. The summed E-state index contributed by atoms with van der Waals surface area (Å²) >= 11 is 0. The zero-order valence-electron chi connectivity index (χ0n) is 13.3. The zero-order valence-corrected chi connectivity index (χ0v) is 13.3. The molecule has 0 radical (unpaired) electrons. The largest absolute Gasteiger partial charge is 0.322 e. The lowest BCUT2D eigenvalue weighted by atomic mass is 10.1. The fourth-order valence-corrected chi connectivity index (χ4v) is 2.98. The summed E-state index contributed by atoms with van der Waals surface area (Å²) in [6.07, 6.45) is 7.31. The van der Waals surface area contributed by atoms with E-state index in [1.165, 1.54) is 31.4 Å². The summed E-state index contributed by atoms with van der Waals surface area (Å²) in [5.41, 5.74) is 2.76. The molecule has 4 rings (SSSR count). The number of carbonyl (C=O) groups excluding carboxylic acids is 1. The van der Waals surface area contributed by atoms with Crippen molar-refractivity contribution in [3.8, 4) is 0 Å². The van der Waals surface area contributed by atoms with Crippen LogP contribution in [-0.4, -0.2) is 28.3 Å². The Bertz CT molecular complexity index is 702. The number of nitrogens with zero attached hydrogens (tertiary/aromatic N) is 2. The molecule has 2 aliphatic rings. The van der Waals surface area contributed by atoms with Gasteiger partial charge >= 0.3 is 0 Å². The normalized spacial score (nSPS) is 22.8. The predicted molar refractivity (Wildman–Crippen MR) is 89.5 cm³/mol. The smallest absolute Gasteiger partial charge is 0.258 e. The molecule has 5 nitrogen and oxygen atoms in total. The first-order valence-corrected chi connectivity index (χ1v) is 8.32. The third-order valence-corrected chi connectivity index (χ3v) is 4.72. The van der Waals surface area contributed by atoms with Crippen molar-refractivity contribution in [3.63, 3.8) is 0 Å². The monoisotopic (exact) mass is 310 g/mol. The number of anilines is 1. The molecular weight excluding hydrogens is 288 g/mol. The minimum absolute atomic E-state index is 0.124. The quantitative estimate of drug-likeness (QED) is 0.862. The summed E-state index contributed by atoms with van der Waals surface area (Å²) in [6.45, 7) is 1.18. The van der Waals surface area contributed by atoms with Crippen molar-refractivity contribution in [2.45, 2.75) is 31.2 Å². The van der Waals surface area contributed by atoms with Gasteiger partial charge in [-0.1, -0.05) is 12.1 Å². The van der Waals surface area contributed by atoms with Crippen LogP contribution in [0.4, 0.5) is 5.69 Å². The molecule has 0 saturated heterocycles. The average molecular weight is 310 g/mol. The molecule has 2 N–H and O–H groups in total. The molecule has 1 aromatic heterocycles. The molecule has 2 atom stereocenters. The Balaban J connectivity index is 1.32. The second-order valence-corrected chi connectivity index (χ2v) is 6.78. The maximum absolute atomic E-state index is 12.1. The lowest BCUT2D eigenvalue weighted by molar-refractivity contribution is 0.102. The SMILES string of the molecule is Cn1cc(C(=O)Nc2ccc([C@@H]3C[C@H]3NCC3CC3)cc2)cn1. The Morgan fingerprint density at radius 1 is 1.30 bits per heavy atom. The van der Waals surface area contributed by atoms with Gasteiger partial charge in [0.05, 0.1) is 11.8 Å². The Morgan fingerprint density at radius 2 is 2.09 bits per heavy atom. The molecule has 23 heavy (non-hydrogen) atoms. The van der Waals surface area contributed by atoms with E-state index in [2.05, 4.69) is 27.9 Å². The molecule has 120 valence electrons. The number of amides is 1. The number of rotatable bonds is 6. The molecule has 1 aromatic carbocycles. The van der Waals surface area contributed by atoms with Gasteiger partial charge in [0.2, 0.25) is 0 Å². The second kappa shape index (κ2) is 5.81. The van der Waals surface area contributed by atoms with Gasteiger partial charge in [-0.05, 0) is 49.4 Å². The van der Waals surface area contributed by atoms with Gasteiger partial charge in [-0.2, -0.15) is 5.10 Å². The van der Waals surface area contributed by atoms with E-state index in [0.717, 1.165) is 11.6 Å². The summed E-state index contributed by atoms with van der Waals surface area (Å²) in [5.74, 6) is 1.44. The lowest BCUT2D eigenvalue weighted by Crippen LogP contribution is -2.20. The first-order valence-electron chi connectivity index (χ1n) is 8.32. The maximum Gasteiger partial charge on any atom is 0.258 e. The van der Waals surface area contributed by atoms with Crippen LogP contribution < -0.4 is 10.6 Å². The van der Waals surface area contributed by atoms with Crippen LogP contribution >= 0.6 is 0 Å². The van der Waals surface area contributed by atoms with Crippen LogP contribution in [0.2, 0.25) is 0 Å². The van der Waals surface area contributed by atoms with Crippen LogP contribution in [0.15, 0.2) is 36.7 Å². The highest BCUT2D eigenvalue weighted by Crippen LogP contribution is 2.41. The van der Waals surface area contributed by atoms with E-state index in [1.807, 2.05) is 12.1 Å². The highest BCUT2D eigenvalue weighted by atomic mass is 16.1. The van der Waals surface area contributed by atoms with E-state index in [-0.39, 0.29) is 5.91 Å². The van der Waals surface area contributed by atoms with E-state index in [1.54, 1.807) is 24.1 Å². The lowest BCUT2D eigenvalue weighted by Gasteiger charge is -2.06. The maximum atomic E-state index is 12.1. The number of hydrogen-bond donors (Lipinski definition) is 2. The summed E-state index contributed by atoms with van der Waals surface area (Å²) in [5, 5.41) is 10.6. The van der Waals surface area contributed by atoms with Crippen LogP contribution in [0.1, 0.15) is 41.1 Å². The van der Waals surface area contributed by atoms with Gasteiger partial charge in [0.15, 0.2) is 0 Å². The molecule has 2 aromatic rings. The van der Waals surface area contributed by atoms with Crippen molar-refractivity contribution >= 4 is 11.6 Å². The van der Waals surface area contributed by atoms with E-state index >= 15 is 0 Å². The van der Waals surface area contributed by atoms with Gasteiger partial charge in [0.25, 0.3) is 5.91 Å². The van der Waals surface area contributed by atoms with Crippen LogP contribution in [0.25, 0.3) is 0 Å². The molecule has 2 aliphatic carbocycles. The van der Waals surface area contributed by atoms with Gasteiger partial charge in [0.1, 0.15) is 0 Å². The topological polar surface area (TPSA) is 59.0 Å². The summed E-state index contributed by atoms with van der Waals surface area (Å²) in [4.78, 5) is 12.1. The number of carbonyl (C=O) groups is 1. The minimum Gasteiger partial charge on any atom is -0.322 e. The summed E-state index contributed by atoms with van der Waals surface area (Å²) < 4.78 is 1.62. The van der Waals surface area contributed by atoms with Gasteiger partial charge in [-0.25, -0.2) is 0 Å². The van der Waals surface area contributed by atoms with Crippen molar-refractivity contribution in [3.05, 3.63) is 47.8 Å². The van der Waals surface area contributed by atoms with Crippen molar-refractivity contribution in [2.75, 3.05) is 11.9 Å². The average Bonchev–Trinajstić information content (AvgIpc) is 3.45. The molecule has 0 unspecified atom stereocenters. The van der Waals surface area contributed by atoms with Gasteiger partial charge in [-0.15, -0.1) is 0 Å². The van der Waals surface area contributed by atoms with E-state index in [4.69, 9.17) is 0 Å². The summed E-state index contributed by atoms with van der Waals surface area (Å²) in [6, 6.07) is 8.87. The molecule has 0 spiro atoms. The molecule has 1 amide bonds. The van der Waals surface area contributed by atoms with Crippen molar-refractivity contribution in [2.24, 2.45) is 13.0 Å². The number of hydrogen-bond acceptors (Lipinski definition) is 3.